The molecule has 1 amide bonds. The number of oxazole rings is 1. The number of fused-ring (bicyclic) bond motifs is 1. The summed E-state index contributed by atoms with van der Waals surface area (Å²) in [7, 11) is 0. The second-order valence-electron chi connectivity index (χ2n) is 7.65. The molecule has 1 aromatic carbocycles. The number of nitrogens with one attached hydrogen (secondary N) is 1. The van der Waals surface area contributed by atoms with Crippen molar-refractivity contribution in [3.8, 4) is 11.5 Å². The summed E-state index contributed by atoms with van der Waals surface area (Å²) in [6, 6.07) is 8.58. The van der Waals surface area contributed by atoms with Gasteiger partial charge in [-0.05, 0) is 62.4 Å². The van der Waals surface area contributed by atoms with Gasteiger partial charge in [-0.3, -0.25) is 9.78 Å². The summed E-state index contributed by atoms with van der Waals surface area (Å²) >= 11 is 12.1. The number of hydrogen-bond acceptors (Lipinski definition) is 4. The number of pyridine rings is 1. The summed E-state index contributed by atoms with van der Waals surface area (Å²) in [5.41, 5.74) is 3.37. The molecule has 2 aliphatic rings. The fraction of sp³-hybridized carbons (Fsp3) is 0.318. The fourth-order valence-corrected chi connectivity index (χ4v) is 4.32. The Hall–Kier alpha value is -2.37. The van der Waals surface area contributed by atoms with Gasteiger partial charge < -0.3 is 9.73 Å². The summed E-state index contributed by atoms with van der Waals surface area (Å²) < 4.78 is 6.14. The van der Waals surface area contributed by atoms with Gasteiger partial charge in [-0.2, -0.15) is 0 Å². The summed E-state index contributed by atoms with van der Waals surface area (Å²) in [6.07, 6.45) is 6.78. The van der Waals surface area contributed by atoms with E-state index >= 15 is 0 Å². The van der Waals surface area contributed by atoms with Gasteiger partial charge in [0.25, 0.3) is 5.91 Å². The molecule has 148 valence electrons. The molecule has 0 spiro atoms. The van der Waals surface area contributed by atoms with Crippen LogP contribution in [-0.4, -0.2) is 15.9 Å². The number of carbonyl (C=O) groups is 1. The zero-order valence-corrected chi connectivity index (χ0v) is 17.1. The van der Waals surface area contributed by atoms with Gasteiger partial charge in [-0.25, -0.2) is 4.98 Å². The minimum Gasteiger partial charge on any atom is -0.439 e. The van der Waals surface area contributed by atoms with Crippen molar-refractivity contribution in [3.05, 3.63) is 69.3 Å². The molecule has 2 heterocycles. The molecule has 5 rings (SSSR count). The van der Waals surface area contributed by atoms with E-state index in [2.05, 4.69) is 16.4 Å². The van der Waals surface area contributed by atoms with Crippen molar-refractivity contribution >= 4 is 29.1 Å². The lowest BCUT2D eigenvalue weighted by Crippen LogP contribution is -2.30. The average Bonchev–Trinajstić information content (AvgIpc) is 3.46. The molecule has 0 saturated heterocycles. The van der Waals surface area contributed by atoms with E-state index in [1.165, 1.54) is 12.8 Å². The van der Waals surface area contributed by atoms with Gasteiger partial charge in [0, 0.05) is 39.0 Å². The maximum atomic E-state index is 12.7. The van der Waals surface area contributed by atoms with Crippen molar-refractivity contribution in [1.29, 1.82) is 0 Å². The minimum atomic E-state index is -0.231. The number of amides is 1. The smallest absolute Gasteiger partial charge is 0.251 e. The quantitative estimate of drug-likeness (QED) is 0.577. The van der Waals surface area contributed by atoms with Crippen LogP contribution < -0.4 is 5.32 Å². The van der Waals surface area contributed by atoms with E-state index in [1.807, 2.05) is 12.3 Å². The van der Waals surface area contributed by atoms with Crippen LogP contribution in [0.5, 0.6) is 0 Å². The van der Waals surface area contributed by atoms with E-state index < -0.39 is 0 Å². The van der Waals surface area contributed by atoms with Gasteiger partial charge in [-0.15, -0.1) is 0 Å². The summed E-state index contributed by atoms with van der Waals surface area (Å²) in [5.74, 6) is 1.66. The highest BCUT2D eigenvalue weighted by Gasteiger charge is 2.29. The van der Waals surface area contributed by atoms with Crippen LogP contribution in [0, 0.1) is 0 Å². The molecule has 0 aliphatic heterocycles. The number of rotatable bonds is 4. The van der Waals surface area contributed by atoms with Gasteiger partial charge in [0.2, 0.25) is 5.89 Å². The van der Waals surface area contributed by atoms with Gasteiger partial charge in [0.05, 0.1) is 11.7 Å². The number of benzene rings is 1. The SMILES string of the molecule is O=C(N[C@H]1CCCc2nc(-c3ccnc(C4CC4)c3)oc21)c1cc(Cl)cc(Cl)c1. The van der Waals surface area contributed by atoms with Crippen LogP contribution >= 0.6 is 23.2 Å². The third kappa shape index (κ3) is 3.89. The van der Waals surface area contributed by atoms with Crippen molar-refractivity contribution in [2.45, 2.75) is 44.1 Å². The van der Waals surface area contributed by atoms with Crippen LogP contribution in [-0.2, 0) is 6.42 Å². The summed E-state index contributed by atoms with van der Waals surface area (Å²) in [4.78, 5) is 21.9. The molecule has 0 unspecified atom stereocenters. The highest BCUT2D eigenvalue weighted by atomic mass is 35.5. The summed E-state index contributed by atoms with van der Waals surface area (Å²) in [6.45, 7) is 0. The van der Waals surface area contributed by atoms with Crippen molar-refractivity contribution in [3.63, 3.8) is 0 Å². The first-order valence-corrected chi connectivity index (χ1v) is 10.6. The van der Waals surface area contributed by atoms with E-state index in [-0.39, 0.29) is 11.9 Å². The van der Waals surface area contributed by atoms with Gasteiger partial charge >= 0.3 is 0 Å². The number of carbonyl (C=O) groups excluding carboxylic acids is 1. The molecular weight excluding hydrogens is 409 g/mol. The second-order valence-corrected chi connectivity index (χ2v) is 8.52. The molecule has 0 radical (unpaired) electrons. The first kappa shape index (κ1) is 18.6. The van der Waals surface area contributed by atoms with Crippen LogP contribution in [0.25, 0.3) is 11.5 Å². The zero-order chi connectivity index (χ0) is 20.0. The molecule has 7 heteroatoms. The first-order chi connectivity index (χ1) is 14.1. The number of aryl methyl sites for hydroxylation is 1. The van der Waals surface area contributed by atoms with E-state index in [0.29, 0.717) is 27.4 Å². The third-order valence-corrected chi connectivity index (χ3v) is 5.84. The second kappa shape index (κ2) is 7.47. The van der Waals surface area contributed by atoms with Crippen LogP contribution in [0.2, 0.25) is 10.0 Å². The highest BCUT2D eigenvalue weighted by Crippen LogP contribution is 2.40. The van der Waals surface area contributed by atoms with E-state index in [4.69, 9.17) is 32.6 Å². The third-order valence-electron chi connectivity index (χ3n) is 5.40. The lowest BCUT2D eigenvalue weighted by Gasteiger charge is -2.21. The van der Waals surface area contributed by atoms with Crippen molar-refractivity contribution in [2.75, 3.05) is 0 Å². The lowest BCUT2D eigenvalue weighted by molar-refractivity contribution is 0.0927. The lowest BCUT2D eigenvalue weighted by atomic mass is 9.96. The normalized spacial score (nSPS) is 18.3. The Morgan fingerprint density at radius 3 is 2.66 bits per heavy atom. The Kier molecular flexibility index (Phi) is 4.80. The molecule has 2 aliphatic carbocycles. The number of halogens is 2. The minimum absolute atomic E-state index is 0.227. The maximum Gasteiger partial charge on any atom is 0.251 e. The molecule has 3 aromatic rings. The van der Waals surface area contributed by atoms with Crippen molar-refractivity contribution in [1.82, 2.24) is 15.3 Å². The van der Waals surface area contributed by atoms with Gasteiger partial charge in [-0.1, -0.05) is 23.2 Å². The van der Waals surface area contributed by atoms with Gasteiger partial charge in [0.15, 0.2) is 0 Å². The van der Waals surface area contributed by atoms with Crippen LogP contribution in [0.3, 0.4) is 0 Å². The Labute approximate surface area is 178 Å². The Morgan fingerprint density at radius 1 is 1.10 bits per heavy atom. The van der Waals surface area contributed by atoms with E-state index in [1.54, 1.807) is 18.2 Å². The largest absolute Gasteiger partial charge is 0.439 e. The number of hydrogen-bond donors (Lipinski definition) is 1. The molecule has 2 aromatic heterocycles. The van der Waals surface area contributed by atoms with Crippen LogP contribution in [0.15, 0.2) is 40.9 Å². The standard InChI is InChI=1S/C22H19Cl2N3O2/c23-15-8-14(9-16(24)11-15)21(28)26-17-2-1-3-18-20(17)29-22(27-18)13-6-7-25-19(10-13)12-4-5-12/h6-12,17H,1-5H2,(H,26,28)/t17-/m0/s1. The molecule has 0 bridgehead atoms. The Morgan fingerprint density at radius 2 is 1.90 bits per heavy atom. The Bertz CT molecular complexity index is 1070. The number of aromatic nitrogens is 2. The summed E-state index contributed by atoms with van der Waals surface area (Å²) in [5, 5.41) is 3.91. The molecule has 1 saturated carbocycles. The zero-order valence-electron chi connectivity index (χ0n) is 15.6. The topological polar surface area (TPSA) is 68.0 Å². The molecule has 5 nitrogen and oxygen atoms in total. The molecule has 1 fully saturated rings. The molecule has 1 atom stereocenters. The van der Waals surface area contributed by atoms with E-state index in [0.717, 1.165) is 42.0 Å². The monoisotopic (exact) mass is 427 g/mol. The van der Waals surface area contributed by atoms with Crippen LogP contribution in [0.4, 0.5) is 0 Å². The van der Waals surface area contributed by atoms with Gasteiger partial charge in [0.1, 0.15) is 5.76 Å². The Balaban J connectivity index is 1.41. The molecular formula is C22H19Cl2N3O2. The van der Waals surface area contributed by atoms with Crippen molar-refractivity contribution < 1.29 is 9.21 Å². The highest BCUT2D eigenvalue weighted by molar-refractivity contribution is 6.35. The average molecular weight is 428 g/mol. The molecule has 29 heavy (non-hydrogen) atoms. The fourth-order valence-electron chi connectivity index (χ4n) is 3.79. The number of nitrogens with zero attached hydrogens (tertiary/aromatic N) is 2. The predicted octanol–water partition coefficient (Wildman–Crippen LogP) is 5.73. The molecule has 1 N–H and O–H groups in total. The maximum absolute atomic E-state index is 12.7. The van der Waals surface area contributed by atoms with Crippen LogP contribution in [0.1, 0.15) is 65.1 Å². The van der Waals surface area contributed by atoms with Crippen molar-refractivity contribution in [2.24, 2.45) is 0 Å². The predicted molar refractivity (Wildman–Crippen MR) is 111 cm³/mol. The van der Waals surface area contributed by atoms with E-state index in [9.17, 15) is 4.79 Å². The first-order valence-electron chi connectivity index (χ1n) is 9.80.